The van der Waals surface area contributed by atoms with Gasteiger partial charge in [0.25, 0.3) is 5.92 Å². The van der Waals surface area contributed by atoms with Gasteiger partial charge in [0.15, 0.2) is 0 Å². The molecule has 3 heteroatoms. The maximum atomic E-state index is 13.6. The van der Waals surface area contributed by atoms with Gasteiger partial charge in [0.05, 0.1) is 0 Å². The fourth-order valence-corrected chi connectivity index (χ4v) is 1.39. The molecule has 0 radical (unpaired) electrons. The minimum atomic E-state index is -2.75. The molecule has 1 nitrogen and oxygen atoms in total. The maximum absolute atomic E-state index is 13.6. The summed E-state index contributed by atoms with van der Waals surface area (Å²) in [6.45, 7) is 3.58. The van der Waals surface area contributed by atoms with Gasteiger partial charge in [-0.1, -0.05) is 38.1 Å². The summed E-state index contributed by atoms with van der Waals surface area (Å²) in [5.74, 6) is -3.43. The van der Waals surface area contributed by atoms with Gasteiger partial charge in [-0.05, 0) is 18.5 Å². The summed E-state index contributed by atoms with van der Waals surface area (Å²) in [6.07, 6.45) is 0.730. The Labute approximate surface area is 89.3 Å². The molecule has 2 N–H and O–H groups in total. The van der Waals surface area contributed by atoms with E-state index in [2.05, 4.69) is 0 Å². The summed E-state index contributed by atoms with van der Waals surface area (Å²) in [7, 11) is 0. The molecule has 15 heavy (non-hydrogen) atoms. The molecule has 0 aliphatic carbocycles. The van der Waals surface area contributed by atoms with Crippen LogP contribution in [0.3, 0.4) is 0 Å². The van der Waals surface area contributed by atoms with Crippen LogP contribution in [-0.4, -0.2) is 6.54 Å². The highest BCUT2D eigenvalue weighted by Crippen LogP contribution is 2.35. The first kappa shape index (κ1) is 12.1. The van der Waals surface area contributed by atoms with Crippen LogP contribution in [0.25, 0.3) is 0 Å². The second-order valence-corrected chi connectivity index (χ2v) is 4.01. The molecule has 1 aromatic carbocycles. The van der Waals surface area contributed by atoms with E-state index in [0.717, 1.165) is 12.0 Å². The van der Waals surface area contributed by atoms with Crippen LogP contribution in [-0.2, 0) is 12.3 Å². The lowest BCUT2D eigenvalue weighted by molar-refractivity contribution is -0.0513. The van der Waals surface area contributed by atoms with Crippen molar-refractivity contribution >= 4 is 0 Å². The Morgan fingerprint density at radius 1 is 1.20 bits per heavy atom. The summed E-state index contributed by atoms with van der Waals surface area (Å²) in [5.41, 5.74) is 6.47. The van der Waals surface area contributed by atoms with E-state index in [1.807, 2.05) is 0 Å². The molecule has 0 amide bonds. The Kier molecular flexibility index (Phi) is 3.80. The zero-order valence-electron chi connectivity index (χ0n) is 9.13. The van der Waals surface area contributed by atoms with E-state index < -0.39 is 11.8 Å². The van der Waals surface area contributed by atoms with Crippen molar-refractivity contribution in [3.05, 3.63) is 35.4 Å². The van der Waals surface area contributed by atoms with E-state index in [-0.39, 0.29) is 5.56 Å². The standard InChI is InChI=1S/C12H17F2N/c1-9(2)12(13,14)11-5-3-10(4-6-11)7-8-15/h3-6,9H,7-8,15H2,1-2H3. The predicted octanol–water partition coefficient (Wildman–Crippen LogP) is 2.94. The van der Waals surface area contributed by atoms with E-state index in [4.69, 9.17) is 5.73 Å². The fraction of sp³-hybridized carbons (Fsp3) is 0.500. The predicted molar refractivity (Wildman–Crippen MR) is 57.9 cm³/mol. The zero-order valence-corrected chi connectivity index (χ0v) is 9.13. The molecule has 1 rings (SSSR count). The molecule has 0 spiro atoms. The quantitative estimate of drug-likeness (QED) is 0.817. The van der Waals surface area contributed by atoms with E-state index in [9.17, 15) is 8.78 Å². The van der Waals surface area contributed by atoms with Gasteiger partial charge >= 0.3 is 0 Å². The Morgan fingerprint density at radius 2 is 1.73 bits per heavy atom. The Bertz CT molecular complexity index is 304. The molecule has 0 saturated heterocycles. The van der Waals surface area contributed by atoms with Gasteiger partial charge in [-0.25, -0.2) is 8.78 Å². The van der Waals surface area contributed by atoms with Gasteiger partial charge in [-0.3, -0.25) is 0 Å². The SMILES string of the molecule is CC(C)C(F)(F)c1ccc(CCN)cc1. The number of alkyl halides is 2. The van der Waals surface area contributed by atoms with Gasteiger partial charge in [-0.15, -0.1) is 0 Å². The fourth-order valence-electron chi connectivity index (χ4n) is 1.39. The van der Waals surface area contributed by atoms with Crippen molar-refractivity contribution in [2.24, 2.45) is 11.7 Å². The Hall–Kier alpha value is -0.960. The van der Waals surface area contributed by atoms with Crippen molar-refractivity contribution in [3.8, 4) is 0 Å². The number of benzene rings is 1. The number of hydrogen-bond donors (Lipinski definition) is 1. The summed E-state index contributed by atoms with van der Waals surface area (Å²) < 4.78 is 27.1. The van der Waals surface area contributed by atoms with Crippen LogP contribution < -0.4 is 5.73 Å². The van der Waals surface area contributed by atoms with Gasteiger partial charge in [0.2, 0.25) is 0 Å². The van der Waals surface area contributed by atoms with E-state index in [1.54, 1.807) is 12.1 Å². The van der Waals surface area contributed by atoms with E-state index >= 15 is 0 Å². The first-order chi connectivity index (χ1) is 6.98. The van der Waals surface area contributed by atoms with Crippen LogP contribution in [0.1, 0.15) is 25.0 Å². The second kappa shape index (κ2) is 4.71. The van der Waals surface area contributed by atoms with Crippen molar-refractivity contribution in [3.63, 3.8) is 0 Å². The molecule has 0 bridgehead atoms. The highest BCUT2D eigenvalue weighted by molar-refractivity contribution is 5.26. The average molecular weight is 213 g/mol. The van der Waals surface area contributed by atoms with E-state index in [0.29, 0.717) is 6.54 Å². The monoisotopic (exact) mass is 213 g/mol. The zero-order chi connectivity index (χ0) is 11.5. The molecule has 0 fully saturated rings. The Balaban J connectivity index is 2.88. The van der Waals surface area contributed by atoms with Crippen molar-refractivity contribution in [1.29, 1.82) is 0 Å². The summed E-state index contributed by atoms with van der Waals surface area (Å²) in [5, 5.41) is 0. The number of halogens is 2. The minimum Gasteiger partial charge on any atom is -0.330 e. The van der Waals surface area contributed by atoms with Crippen molar-refractivity contribution < 1.29 is 8.78 Å². The lowest BCUT2D eigenvalue weighted by Gasteiger charge is -2.20. The lowest BCUT2D eigenvalue weighted by Crippen LogP contribution is -2.20. The Morgan fingerprint density at radius 3 is 2.13 bits per heavy atom. The average Bonchev–Trinajstić information content (AvgIpc) is 2.19. The third-order valence-corrected chi connectivity index (χ3v) is 2.50. The highest BCUT2D eigenvalue weighted by atomic mass is 19.3. The smallest absolute Gasteiger partial charge is 0.275 e. The first-order valence-corrected chi connectivity index (χ1v) is 5.15. The van der Waals surface area contributed by atoms with Gasteiger partial charge in [-0.2, -0.15) is 0 Å². The molecule has 0 heterocycles. The van der Waals surface area contributed by atoms with Crippen LogP contribution in [0.15, 0.2) is 24.3 Å². The first-order valence-electron chi connectivity index (χ1n) is 5.15. The molecule has 1 aromatic rings. The van der Waals surface area contributed by atoms with Gasteiger partial charge in [0, 0.05) is 11.5 Å². The van der Waals surface area contributed by atoms with Gasteiger partial charge in [0.1, 0.15) is 0 Å². The van der Waals surface area contributed by atoms with Crippen molar-refractivity contribution in [1.82, 2.24) is 0 Å². The van der Waals surface area contributed by atoms with Gasteiger partial charge < -0.3 is 5.73 Å². The van der Waals surface area contributed by atoms with Crippen LogP contribution in [0, 0.1) is 5.92 Å². The number of hydrogen-bond acceptors (Lipinski definition) is 1. The molecular formula is C12H17F2N. The topological polar surface area (TPSA) is 26.0 Å². The van der Waals surface area contributed by atoms with Crippen molar-refractivity contribution in [2.45, 2.75) is 26.2 Å². The number of rotatable bonds is 4. The summed E-state index contributed by atoms with van der Waals surface area (Å²) >= 11 is 0. The molecule has 0 aliphatic rings. The van der Waals surface area contributed by atoms with Crippen LogP contribution in [0.2, 0.25) is 0 Å². The molecule has 84 valence electrons. The van der Waals surface area contributed by atoms with E-state index in [1.165, 1.54) is 26.0 Å². The largest absolute Gasteiger partial charge is 0.330 e. The van der Waals surface area contributed by atoms with Crippen LogP contribution in [0.4, 0.5) is 8.78 Å². The maximum Gasteiger partial charge on any atom is 0.275 e. The van der Waals surface area contributed by atoms with Crippen LogP contribution in [0.5, 0.6) is 0 Å². The number of nitrogens with two attached hydrogens (primary N) is 1. The normalized spacial score (nSPS) is 12.1. The molecule has 0 aliphatic heterocycles. The second-order valence-electron chi connectivity index (χ2n) is 4.01. The molecule has 0 aromatic heterocycles. The van der Waals surface area contributed by atoms with Crippen LogP contribution >= 0.6 is 0 Å². The third kappa shape index (κ3) is 2.75. The lowest BCUT2D eigenvalue weighted by atomic mass is 9.96. The third-order valence-electron chi connectivity index (χ3n) is 2.50. The molecular weight excluding hydrogens is 196 g/mol. The highest BCUT2D eigenvalue weighted by Gasteiger charge is 2.35. The van der Waals surface area contributed by atoms with Crippen molar-refractivity contribution in [2.75, 3.05) is 6.54 Å². The molecule has 0 atom stereocenters. The molecule has 0 unspecified atom stereocenters. The minimum absolute atomic E-state index is 0.0817. The molecule has 0 saturated carbocycles. The summed E-state index contributed by atoms with van der Waals surface area (Å²) in [6, 6.07) is 6.42. The summed E-state index contributed by atoms with van der Waals surface area (Å²) in [4.78, 5) is 0.